The summed E-state index contributed by atoms with van der Waals surface area (Å²) in [5, 5.41) is 8.63. The van der Waals surface area contributed by atoms with E-state index in [0.29, 0.717) is 25.3 Å². The molecule has 26 heavy (non-hydrogen) atoms. The molecule has 0 atom stereocenters. The van der Waals surface area contributed by atoms with E-state index in [1.54, 1.807) is 18.2 Å². The van der Waals surface area contributed by atoms with Gasteiger partial charge in [-0.3, -0.25) is 9.59 Å². The fourth-order valence-corrected chi connectivity index (χ4v) is 2.23. The molecular formula is C20H25N3O3. The molecule has 0 saturated heterocycles. The van der Waals surface area contributed by atoms with Gasteiger partial charge in [0.05, 0.1) is 13.1 Å². The second-order valence-corrected chi connectivity index (χ2v) is 5.70. The molecule has 0 aromatic heterocycles. The van der Waals surface area contributed by atoms with Gasteiger partial charge in [0.1, 0.15) is 12.4 Å². The van der Waals surface area contributed by atoms with Crippen LogP contribution in [0.3, 0.4) is 0 Å². The highest BCUT2D eigenvalue weighted by Crippen LogP contribution is 2.10. The van der Waals surface area contributed by atoms with Crippen LogP contribution in [-0.4, -0.2) is 38.1 Å². The molecule has 2 amide bonds. The molecule has 2 aromatic carbocycles. The first-order valence-corrected chi connectivity index (χ1v) is 8.75. The van der Waals surface area contributed by atoms with Crippen molar-refractivity contribution < 1.29 is 14.3 Å². The van der Waals surface area contributed by atoms with Crippen molar-refractivity contribution in [3.05, 3.63) is 60.2 Å². The number of benzene rings is 2. The molecule has 6 heteroatoms. The molecule has 3 N–H and O–H groups in total. The van der Waals surface area contributed by atoms with Crippen molar-refractivity contribution in [1.82, 2.24) is 10.6 Å². The van der Waals surface area contributed by atoms with E-state index in [-0.39, 0.29) is 18.4 Å². The molecule has 0 aliphatic carbocycles. The van der Waals surface area contributed by atoms with E-state index in [1.165, 1.54) is 0 Å². The van der Waals surface area contributed by atoms with Crippen LogP contribution in [0.25, 0.3) is 0 Å². The third-order valence-electron chi connectivity index (χ3n) is 3.55. The van der Waals surface area contributed by atoms with Gasteiger partial charge in [0, 0.05) is 17.8 Å². The minimum atomic E-state index is -0.137. The lowest BCUT2D eigenvalue weighted by Gasteiger charge is -2.10. The van der Waals surface area contributed by atoms with Gasteiger partial charge in [0.25, 0.3) is 5.91 Å². The van der Waals surface area contributed by atoms with E-state index in [4.69, 9.17) is 4.74 Å². The van der Waals surface area contributed by atoms with Crippen LogP contribution in [-0.2, 0) is 4.79 Å². The van der Waals surface area contributed by atoms with Crippen LogP contribution in [0.5, 0.6) is 5.75 Å². The van der Waals surface area contributed by atoms with Gasteiger partial charge in [-0.25, -0.2) is 0 Å². The molecule has 0 unspecified atom stereocenters. The summed E-state index contributed by atoms with van der Waals surface area (Å²) in [6, 6.07) is 16.5. The molecule has 0 spiro atoms. The van der Waals surface area contributed by atoms with Gasteiger partial charge in [0.15, 0.2) is 0 Å². The standard InChI is InChI=1S/C20H25N3O3/c1-2-11-22-20(25)16-7-6-8-17(14-16)23-15-19(24)21-12-13-26-18-9-4-3-5-10-18/h3-10,14,23H,2,11-13,15H2,1H3,(H,21,24)(H,22,25). The lowest BCUT2D eigenvalue weighted by molar-refractivity contribution is -0.119. The number of anilines is 1. The van der Waals surface area contributed by atoms with Crippen LogP contribution in [0, 0.1) is 0 Å². The second-order valence-electron chi connectivity index (χ2n) is 5.70. The summed E-state index contributed by atoms with van der Waals surface area (Å²) >= 11 is 0. The van der Waals surface area contributed by atoms with Crippen molar-refractivity contribution in [2.75, 3.05) is 31.6 Å². The van der Waals surface area contributed by atoms with Gasteiger partial charge in [-0.15, -0.1) is 0 Å². The molecule has 0 heterocycles. The molecule has 0 bridgehead atoms. The molecule has 0 radical (unpaired) electrons. The number of carbonyl (C=O) groups is 2. The highest BCUT2D eigenvalue weighted by Gasteiger charge is 2.06. The van der Waals surface area contributed by atoms with Crippen molar-refractivity contribution in [3.8, 4) is 5.75 Å². The molecule has 2 aromatic rings. The van der Waals surface area contributed by atoms with E-state index in [9.17, 15) is 9.59 Å². The number of carbonyl (C=O) groups excluding carboxylic acids is 2. The highest BCUT2D eigenvalue weighted by atomic mass is 16.5. The first-order valence-electron chi connectivity index (χ1n) is 8.75. The van der Waals surface area contributed by atoms with Gasteiger partial charge in [-0.1, -0.05) is 31.2 Å². The molecule has 0 fully saturated rings. The maximum absolute atomic E-state index is 12.0. The van der Waals surface area contributed by atoms with Gasteiger partial charge in [-0.2, -0.15) is 0 Å². The van der Waals surface area contributed by atoms with E-state index >= 15 is 0 Å². The zero-order valence-corrected chi connectivity index (χ0v) is 15.0. The Bertz CT molecular complexity index is 704. The van der Waals surface area contributed by atoms with Gasteiger partial charge in [-0.05, 0) is 36.8 Å². The van der Waals surface area contributed by atoms with E-state index < -0.39 is 0 Å². The molecular weight excluding hydrogens is 330 g/mol. The zero-order chi connectivity index (χ0) is 18.6. The minimum Gasteiger partial charge on any atom is -0.492 e. The average Bonchev–Trinajstić information content (AvgIpc) is 2.69. The largest absolute Gasteiger partial charge is 0.492 e. The Labute approximate surface area is 153 Å². The number of nitrogens with one attached hydrogen (secondary N) is 3. The number of para-hydroxylation sites is 1. The Morgan fingerprint density at radius 2 is 1.77 bits per heavy atom. The van der Waals surface area contributed by atoms with Gasteiger partial charge < -0.3 is 20.7 Å². The van der Waals surface area contributed by atoms with Crippen molar-refractivity contribution in [2.24, 2.45) is 0 Å². The van der Waals surface area contributed by atoms with Crippen LogP contribution >= 0.6 is 0 Å². The fraction of sp³-hybridized carbons (Fsp3) is 0.300. The normalized spacial score (nSPS) is 10.0. The number of amides is 2. The predicted molar refractivity (Wildman–Crippen MR) is 103 cm³/mol. The molecule has 0 saturated carbocycles. The van der Waals surface area contributed by atoms with Crippen LogP contribution in [0.2, 0.25) is 0 Å². The Balaban J connectivity index is 1.69. The smallest absolute Gasteiger partial charge is 0.251 e. The van der Waals surface area contributed by atoms with Crippen LogP contribution in [0.1, 0.15) is 23.7 Å². The van der Waals surface area contributed by atoms with Gasteiger partial charge >= 0.3 is 0 Å². The Morgan fingerprint density at radius 1 is 0.962 bits per heavy atom. The van der Waals surface area contributed by atoms with Crippen molar-refractivity contribution in [3.63, 3.8) is 0 Å². The summed E-state index contributed by atoms with van der Waals surface area (Å²) in [5.74, 6) is 0.526. The summed E-state index contributed by atoms with van der Waals surface area (Å²) in [5.41, 5.74) is 1.30. The van der Waals surface area contributed by atoms with E-state index in [2.05, 4.69) is 16.0 Å². The zero-order valence-electron chi connectivity index (χ0n) is 15.0. The number of rotatable bonds is 10. The van der Waals surface area contributed by atoms with Crippen molar-refractivity contribution >= 4 is 17.5 Å². The minimum absolute atomic E-state index is 0.113. The Kier molecular flexibility index (Phi) is 7.99. The highest BCUT2D eigenvalue weighted by molar-refractivity contribution is 5.95. The predicted octanol–water partition coefficient (Wildman–Crippen LogP) is 2.43. The Hall–Kier alpha value is -3.02. The Morgan fingerprint density at radius 3 is 2.54 bits per heavy atom. The van der Waals surface area contributed by atoms with Gasteiger partial charge in [0.2, 0.25) is 5.91 Å². The van der Waals surface area contributed by atoms with E-state index in [0.717, 1.165) is 17.9 Å². The summed E-state index contributed by atoms with van der Waals surface area (Å²) in [6.07, 6.45) is 0.887. The molecule has 0 aliphatic rings. The quantitative estimate of drug-likeness (QED) is 0.572. The van der Waals surface area contributed by atoms with Crippen LogP contribution in [0.15, 0.2) is 54.6 Å². The monoisotopic (exact) mass is 355 g/mol. The average molecular weight is 355 g/mol. The van der Waals surface area contributed by atoms with Crippen LogP contribution in [0.4, 0.5) is 5.69 Å². The maximum Gasteiger partial charge on any atom is 0.251 e. The third kappa shape index (κ3) is 6.84. The number of hydrogen-bond acceptors (Lipinski definition) is 4. The second kappa shape index (κ2) is 10.8. The maximum atomic E-state index is 12.0. The lowest BCUT2D eigenvalue weighted by Crippen LogP contribution is -2.33. The molecule has 138 valence electrons. The fourth-order valence-electron chi connectivity index (χ4n) is 2.23. The summed E-state index contributed by atoms with van der Waals surface area (Å²) in [4.78, 5) is 23.8. The van der Waals surface area contributed by atoms with E-state index in [1.807, 2.05) is 43.3 Å². The number of hydrogen-bond donors (Lipinski definition) is 3. The number of ether oxygens (including phenoxy) is 1. The molecule has 2 rings (SSSR count). The van der Waals surface area contributed by atoms with Crippen LogP contribution < -0.4 is 20.7 Å². The third-order valence-corrected chi connectivity index (χ3v) is 3.55. The van der Waals surface area contributed by atoms with Crippen molar-refractivity contribution in [1.29, 1.82) is 0 Å². The topological polar surface area (TPSA) is 79.5 Å². The lowest BCUT2D eigenvalue weighted by atomic mass is 10.2. The summed E-state index contributed by atoms with van der Waals surface area (Å²) in [6.45, 7) is 3.61. The first kappa shape index (κ1) is 19.3. The summed E-state index contributed by atoms with van der Waals surface area (Å²) in [7, 11) is 0. The summed E-state index contributed by atoms with van der Waals surface area (Å²) < 4.78 is 5.51. The molecule has 0 aliphatic heterocycles. The molecule has 6 nitrogen and oxygen atoms in total. The SMILES string of the molecule is CCCNC(=O)c1cccc(NCC(=O)NCCOc2ccccc2)c1. The first-order chi connectivity index (χ1) is 12.7. The van der Waals surface area contributed by atoms with Crippen molar-refractivity contribution in [2.45, 2.75) is 13.3 Å².